The van der Waals surface area contributed by atoms with E-state index in [-0.39, 0.29) is 10.0 Å². The van der Waals surface area contributed by atoms with Crippen LogP contribution in [0.25, 0.3) is 0 Å². The third-order valence-corrected chi connectivity index (χ3v) is 3.01. The SMILES string of the molecule is CC(I)C(O)OC1CCN(C)CC1. The van der Waals surface area contributed by atoms with E-state index in [9.17, 15) is 5.11 Å². The van der Waals surface area contributed by atoms with Crippen molar-refractivity contribution in [2.75, 3.05) is 20.1 Å². The summed E-state index contributed by atoms with van der Waals surface area (Å²) in [5.74, 6) is 0. The molecular weight excluding hydrogens is 281 g/mol. The lowest BCUT2D eigenvalue weighted by Crippen LogP contribution is -2.37. The molecule has 1 aliphatic rings. The highest BCUT2D eigenvalue weighted by atomic mass is 127. The number of hydrogen-bond donors (Lipinski definition) is 1. The Labute approximate surface area is 93.6 Å². The zero-order valence-electron chi connectivity index (χ0n) is 8.24. The monoisotopic (exact) mass is 299 g/mol. The summed E-state index contributed by atoms with van der Waals surface area (Å²) in [6, 6.07) is 0. The van der Waals surface area contributed by atoms with Gasteiger partial charge in [0.2, 0.25) is 0 Å². The van der Waals surface area contributed by atoms with Crippen LogP contribution in [0.15, 0.2) is 0 Å². The van der Waals surface area contributed by atoms with E-state index in [0.29, 0.717) is 0 Å². The predicted octanol–water partition coefficient (Wildman–Crippen LogP) is 1.24. The van der Waals surface area contributed by atoms with E-state index in [0.717, 1.165) is 25.9 Å². The van der Waals surface area contributed by atoms with Crippen molar-refractivity contribution in [3.63, 3.8) is 0 Å². The highest BCUT2D eigenvalue weighted by molar-refractivity contribution is 14.1. The highest BCUT2D eigenvalue weighted by Gasteiger charge is 2.21. The summed E-state index contributed by atoms with van der Waals surface area (Å²) in [5.41, 5.74) is 0. The number of rotatable bonds is 3. The van der Waals surface area contributed by atoms with Gasteiger partial charge in [0.25, 0.3) is 0 Å². The van der Waals surface area contributed by atoms with Gasteiger partial charge in [-0.25, -0.2) is 0 Å². The Morgan fingerprint density at radius 1 is 1.46 bits per heavy atom. The molecule has 4 heteroatoms. The maximum Gasteiger partial charge on any atom is 0.166 e. The van der Waals surface area contributed by atoms with Gasteiger partial charge in [-0.2, -0.15) is 0 Å². The zero-order valence-corrected chi connectivity index (χ0v) is 10.4. The second-order valence-corrected chi connectivity index (χ2v) is 5.67. The van der Waals surface area contributed by atoms with Gasteiger partial charge in [-0.05, 0) is 26.8 Å². The first-order chi connectivity index (χ1) is 6.09. The molecule has 0 aliphatic carbocycles. The van der Waals surface area contributed by atoms with Crippen molar-refractivity contribution in [3.05, 3.63) is 0 Å². The fourth-order valence-corrected chi connectivity index (χ4v) is 1.60. The molecule has 0 aromatic rings. The number of hydrogen-bond acceptors (Lipinski definition) is 3. The lowest BCUT2D eigenvalue weighted by atomic mass is 10.1. The Balaban J connectivity index is 2.22. The van der Waals surface area contributed by atoms with Gasteiger partial charge < -0.3 is 14.7 Å². The average molecular weight is 299 g/mol. The van der Waals surface area contributed by atoms with Crippen LogP contribution in [-0.4, -0.2) is 46.5 Å². The van der Waals surface area contributed by atoms with Gasteiger partial charge in [0.15, 0.2) is 6.29 Å². The van der Waals surface area contributed by atoms with E-state index < -0.39 is 6.29 Å². The van der Waals surface area contributed by atoms with Crippen LogP contribution in [0.2, 0.25) is 0 Å². The van der Waals surface area contributed by atoms with Crippen LogP contribution < -0.4 is 0 Å². The van der Waals surface area contributed by atoms with Crippen LogP contribution in [0.5, 0.6) is 0 Å². The molecule has 0 bridgehead atoms. The van der Waals surface area contributed by atoms with E-state index in [1.165, 1.54) is 0 Å². The maximum absolute atomic E-state index is 9.50. The van der Waals surface area contributed by atoms with Crippen LogP contribution in [0.1, 0.15) is 19.8 Å². The molecule has 1 rings (SSSR count). The molecule has 1 N–H and O–H groups in total. The summed E-state index contributed by atoms with van der Waals surface area (Å²) in [6.07, 6.45) is 1.73. The quantitative estimate of drug-likeness (QED) is 0.483. The minimum absolute atomic E-state index is 0.164. The topological polar surface area (TPSA) is 32.7 Å². The van der Waals surface area contributed by atoms with Gasteiger partial charge in [0, 0.05) is 13.1 Å². The van der Waals surface area contributed by atoms with Crippen molar-refractivity contribution in [3.8, 4) is 0 Å². The Kier molecular flexibility index (Phi) is 4.93. The fourth-order valence-electron chi connectivity index (χ4n) is 1.43. The molecule has 13 heavy (non-hydrogen) atoms. The predicted molar refractivity (Wildman–Crippen MR) is 61.1 cm³/mol. The second kappa shape index (κ2) is 5.48. The van der Waals surface area contributed by atoms with E-state index >= 15 is 0 Å². The maximum atomic E-state index is 9.50. The summed E-state index contributed by atoms with van der Waals surface area (Å²) >= 11 is 2.18. The van der Waals surface area contributed by atoms with Crippen molar-refractivity contribution in [1.29, 1.82) is 0 Å². The molecule has 1 saturated heterocycles. The molecule has 0 aromatic carbocycles. The van der Waals surface area contributed by atoms with Crippen molar-refractivity contribution < 1.29 is 9.84 Å². The number of aliphatic hydroxyl groups excluding tert-OH is 1. The molecule has 0 aromatic heterocycles. The number of aliphatic hydroxyl groups is 1. The Morgan fingerprint density at radius 2 is 2.00 bits per heavy atom. The number of halogens is 1. The third-order valence-electron chi connectivity index (χ3n) is 2.39. The highest BCUT2D eigenvalue weighted by Crippen LogP contribution is 2.16. The summed E-state index contributed by atoms with van der Waals surface area (Å²) in [6.45, 7) is 4.11. The third kappa shape index (κ3) is 4.10. The van der Waals surface area contributed by atoms with Crippen molar-refractivity contribution in [1.82, 2.24) is 4.90 Å². The lowest BCUT2D eigenvalue weighted by molar-refractivity contribution is -0.142. The van der Waals surface area contributed by atoms with Gasteiger partial charge in [0.05, 0.1) is 10.0 Å². The van der Waals surface area contributed by atoms with Gasteiger partial charge in [-0.3, -0.25) is 0 Å². The van der Waals surface area contributed by atoms with E-state index in [4.69, 9.17) is 4.74 Å². The second-order valence-electron chi connectivity index (χ2n) is 3.71. The average Bonchev–Trinajstić information content (AvgIpc) is 2.08. The van der Waals surface area contributed by atoms with Crippen LogP contribution in [0.3, 0.4) is 0 Å². The molecule has 3 nitrogen and oxygen atoms in total. The molecule has 0 saturated carbocycles. The summed E-state index contributed by atoms with van der Waals surface area (Å²) in [5, 5.41) is 9.50. The molecular formula is C9H18INO2. The summed E-state index contributed by atoms with van der Waals surface area (Å²) in [7, 11) is 2.12. The minimum atomic E-state index is -0.603. The van der Waals surface area contributed by atoms with Crippen LogP contribution in [0, 0.1) is 0 Å². The Morgan fingerprint density at radius 3 is 2.46 bits per heavy atom. The zero-order chi connectivity index (χ0) is 9.84. The first kappa shape index (κ1) is 11.7. The van der Waals surface area contributed by atoms with E-state index in [1.54, 1.807) is 0 Å². The number of piperidine rings is 1. The number of nitrogens with zero attached hydrogens (tertiary/aromatic N) is 1. The first-order valence-electron chi connectivity index (χ1n) is 4.75. The summed E-state index contributed by atoms with van der Waals surface area (Å²) in [4.78, 5) is 2.29. The standard InChI is InChI=1S/C9H18INO2/c1-7(10)9(12)13-8-3-5-11(2)6-4-8/h7-9,12H,3-6H2,1-2H3. The minimum Gasteiger partial charge on any atom is -0.367 e. The van der Waals surface area contributed by atoms with Gasteiger partial charge in [0.1, 0.15) is 0 Å². The van der Waals surface area contributed by atoms with Crippen LogP contribution in [0.4, 0.5) is 0 Å². The lowest BCUT2D eigenvalue weighted by Gasteiger charge is -2.30. The molecule has 0 radical (unpaired) electrons. The summed E-state index contributed by atoms with van der Waals surface area (Å²) < 4.78 is 5.69. The fraction of sp³-hybridized carbons (Fsp3) is 1.00. The van der Waals surface area contributed by atoms with Crippen molar-refractivity contribution in [2.24, 2.45) is 0 Å². The molecule has 0 amide bonds. The van der Waals surface area contributed by atoms with Gasteiger partial charge in [-0.1, -0.05) is 22.6 Å². The van der Waals surface area contributed by atoms with E-state index in [1.807, 2.05) is 6.92 Å². The Bertz CT molecular complexity index is 147. The van der Waals surface area contributed by atoms with Crippen molar-refractivity contribution >= 4 is 22.6 Å². The molecule has 0 spiro atoms. The van der Waals surface area contributed by atoms with Crippen LogP contribution >= 0.6 is 22.6 Å². The van der Waals surface area contributed by atoms with Gasteiger partial charge >= 0.3 is 0 Å². The number of likely N-dealkylation sites (tertiary alicyclic amines) is 1. The van der Waals surface area contributed by atoms with Crippen molar-refractivity contribution in [2.45, 2.75) is 36.1 Å². The molecule has 78 valence electrons. The van der Waals surface area contributed by atoms with E-state index in [2.05, 4.69) is 34.5 Å². The smallest absolute Gasteiger partial charge is 0.166 e. The van der Waals surface area contributed by atoms with Gasteiger partial charge in [-0.15, -0.1) is 0 Å². The molecule has 2 atom stereocenters. The molecule has 1 aliphatic heterocycles. The number of ether oxygens (including phenoxy) is 1. The molecule has 1 fully saturated rings. The number of alkyl halides is 1. The Hall–Kier alpha value is 0.610. The first-order valence-corrected chi connectivity index (χ1v) is 6.00. The largest absolute Gasteiger partial charge is 0.367 e. The normalized spacial score (nSPS) is 25.8. The van der Waals surface area contributed by atoms with Crippen LogP contribution in [-0.2, 0) is 4.74 Å². The molecule has 1 heterocycles. The molecule has 2 unspecified atom stereocenters.